The Hall–Kier alpha value is -0.610. The van der Waals surface area contributed by atoms with E-state index < -0.39 is 0 Å². The topological polar surface area (TPSA) is 41.6 Å². The maximum atomic E-state index is 12.5. The van der Waals surface area contributed by atoms with Gasteiger partial charge in [0.05, 0.1) is 18.1 Å². The Morgan fingerprint density at radius 3 is 2.63 bits per heavy atom. The van der Waals surface area contributed by atoms with Gasteiger partial charge < -0.3 is 15.0 Å². The highest BCUT2D eigenvalue weighted by Crippen LogP contribution is 2.40. The minimum Gasteiger partial charge on any atom is -0.374 e. The van der Waals surface area contributed by atoms with Gasteiger partial charge in [-0.2, -0.15) is 0 Å². The van der Waals surface area contributed by atoms with E-state index in [0.29, 0.717) is 12.0 Å². The monoisotopic (exact) mass is 266 g/mol. The number of fused-ring (bicyclic) bond motifs is 2. The van der Waals surface area contributed by atoms with E-state index in [1.165, 1.54) is 25.7 Å². The Morgan fingerprint density at radius 2 is 2.05 bits per heavy atom. The number of hydrogen-bond donors (Lipinski definition) is 1. The van der Waals surface area contributed by atoms with Crippen LogP contribution in [-0.4, -0.2) is 49.7 Å². The lowest BCUT2D eigenvalue weighted by molar-refractivity contribution is -0.138. The summed E-state index contributed by atoms with van der Waals surface area (Å²) in [5.74, 6) is 1.35. The molecule has 3 rings (SSSR count). The van der Waals surface area contributed by atoms with Crippen molar-refractivity contribution in [3.05, 3.63) is 0 Å². The van der Waals surface area contributed by atoms with Crippen LogP contribution in [0.1, 0.15) is 38.5 Å². The van der Waals surface area contributed by atoms with Gasteiger partial charge in [-0.05, 0) is 58.0 Å². The zero-order valence-corrected chi connectivity index (χ0v) is 11.9. The summed E-state index contributed by atoms with van der Waals surface area (Å²) < 4.78 is 5.82. The summed E-state index contributed by atoms with van der Waals surface area (Å²) in [7, 11) is 2.01. The van der Waals surface area contributed by atoms with Crippen LogP contribution in [0.25, 0.3) is 0 Å². The Kier molecular flexibility index (Phi) is 4.08. The molecule has 0 radical (unpaired) electrons. The fourth-order valence-corrected chi connectivity index (χ4v) is 3.92. The van der Waals surface area contributed by atoms with Gasteiger partial charge in [0, 0.05) is 13.1 Å². The molecule has 3 aliphatic heterocycles. The first-order valence-electron chi connectivity index (χ1n) is 7.86. The number of carbonyl (C=O) groups excluding carboxylic acids is 1. The van der Waals surface area contributed by atoms with Gasteiger partial charge in [-0.25, -0.2) is 0 Å². The molecule has 2 bridgehead atoms. The Bertz CT molecular complexity index is 326. The summed E-state index contributed by atoms with van der Waals surface area (Å²) in [6, 6.07) is 0. The Labute approximate surface area is 115 Å². The average Bonchev–Trinajstić information content (AvgIpc) is 3.07. The fraction of sp³-hybridized carbons (Fsp3) is 0.933. The van der Waals surface area contributed by atoms with Crippen molar-refractivity contribution >= 4 is 5.91 Å². The molecule has 108 valence electrons. The second-order valence-electron chi connectivity index (χ2n) is 6.38. The highest BCUT2D eigenvalue weighted by Gasteiger charge is 2.45. The van der Waals surface area contributed by atoms with Gasteiger partial charge in [0.25, 0.3) is 0 Å². The number of amides is 1. The first kappa shape index (κ1) is 13.4. The van der Waals surface area contributed by atoms with E-state index in [-0.39, 0.29) is 12.0 Å². The van der Waals surface area contributed by atoms with Crippen LogP contribution in [0.15, 0.2) is 0 Å². The lowest BCUT2D eigenvalue weighted by atomic mass is 9.86. The van der Waals surface area contributed by atoms with Crippen molar-refractivity contribution in [2.24, 2.45) is 11.8 Å². The van der Waals surface area contributed by atoms with Crippen molar-refractivity contribution in [1.29, 1.82) is 0 Å². The summed E-state index contributed by atoms with van der Waals surface area (Å²) in [4.78, 5) is 14.6. The maximum absolute atomic E-state index is 12.5. The van der Waals surface area contributed by atoms with Crippen molar-refractivity contribution in [2.75, 3.05) is 26.7 Å². The van der Waals surface area contributed by atoms with E-state index in [1.54, 1.807) is 0 Å². The molecule has 3 atom stereocenters. The Balaban J connectivity index is 1.47. The predicted molar refractivity (Wildman–Crippen MR) is 73.8 cm³/mol. The number of likely N-dealkylation sites (tertiary alicyclic amines) is 1. The summed E-state index contributed by atoms with van der Waals surface area (Å²) in [5, 5.41) is 3.21. The van der Waals surface area contributed by atoms with E-state index in [2.05, 4.69) is 10.2 Å². The van der Waals surface area contributed by atoms with Crippen molar-refractivity contribution in [2.45, 2.75) is 50.7 Å². The van der Waals surface area contributed by atoms with Crippen molar-refractivity contribution < 1.29 is 9.53 Å². The van der Waals surface area contributed by atoms with Crippen LogP contribution in [-0.2, 0) is 9.53 Å². The lowest BCUT2D eigenvalue weighted by Crippen LogP contribution is -2.44. The SMILES string of the molecule is CNCCC1CCN(C(=O)C2CC3CCC2O3)CC1. The van der Waals surface area contributed by atoms with Crippen molar-refractivity contribution in [3.8, 4) is 0 Å². The second-order valence-corrected chi connectivity index (χ2v) is 6.38. The van der Waals surface area contributed by atoms with Crippen LogP contribution in [0.4, 0.5) is 0 Å². The first-order valence-corrected chi connectivity index (χ1v) is 7.86. The summed E-state index contributed by atoms with van der Waals surface area (Å²) in [6.07, 6.45) is 7.45. The fourth-order valence-electron chi connectivity index (χ4n) is 3.92. The number of carbonyl (C=O) groups is 1. The zero-order chi connectivity index (χ0) is 13.2. The second kappa shape index (κ2) is 5.80. The third-order valence-corrected chi connectivity index (χ3v) is 5.15. The van der Waals surface area contributed by atoms with Gasteiger partial charge in [-0.3, -0.25) is 4.79 Å². The molecular weight excluding hydrogens is 240 g/mol. The molecule has 3 aliphatic rings. The molecule has 0 spiro atoms. The zero-order valence-electron chi connectivity index (χ0n) is 11.9. The summed E-state index contributed by atoms with van der Waals surface area (Å²) in [6.45, 7) is 3.01. The van der Waals surface area contributed by atoms with Crippen molar-refractivity contribution in [1.82, 2.24) is 10.2 Å². The molecule has 0 aliphatic carbocycles. The van der Waals surface area contributed by atoms with E-state index in [1.807, 2.05) is 7.05 Å². The molecule has 0 aromatic rings. The molecule has 0 aromatic carbocycles. The van der Waals surface area contributed by atoms with Gasteiger partial charge >= 0.3 is 0 Å². The van der Waals surface area contributed by atoms with Crippen LogP contribution in [0, 0.1) is 11.8 Å². The number of ether oxygens (including phenoxy) is 1. The van der Waals surface area contributed by atoms with Gasteiger partial charge in [0.15, 0.2) is 0 Å². The molecule has 4 nitrogen and oxygen atoms in total. The maximum Gasteiger partial charge on any atom is 0.228 e. The molecule has 4 heteroatoms. The number of piperidine rings is 1. The molecule has 1 N–H and O–H groups in total. The largest absolute Gasteiger partial charge is 0.374 e. The minimum absolute atomic E-state index is 0.174. The van der Waals surface area contributed by atoms with Crippen LogP contribution < -0.4 is 5.32 Å². The van der Waals surface area contributed by atoms with E-state index >= 15 is 0 Å². The molecule has 0 saturated carbocycles. The molecule has 3 saturated heterocycles. The molecule has 3 unspecified atom stereocenters. The molecule has 0 aromatic heterocycles. The van der Waals surface area contributed by atoms with E-state index in [0.717, 1.165) is 38.4 Å². The molecule has 3 heterocycles. The minimum atomic E-state index is 0.174. The Morgan fingerprint density at radius 1 is 1.26 bits per heavy atom. The van der Waals surface area contributed by atoms with Crippen LogP contribution in [0.3, 0.4) is 0 Å². The lowest BCUT2D eigenvalue weighted by Gasteiger charge is -2.34. The number of hydrogen-bond acceptors (Lipinski definition) is 3. The van der Waals surface area contributed by atoms with E-state index in [4.69, 9.17) is 4.74 Å². The third-order valence-electron chi connectivity index (χ3n) is 5.15. The van der Waals surface area contributed by atoms with Gasteiger partial charge in [0.2, 0.25) is 5.91 Å². The first-order chi connectivity index (χ1) is 9.28. The number of rotatable bonds is 4. The highest BCUT2D eigenvalue weighted by molar-refractivity contribution is 5.80. The molecule has 1 amide bonds. The number of nitrogens with one attached hydrogen (secondary N) is 1. The molecular formula is C15H26N2O2. The van der Waals surface area contributed by atoms with Gasteiger partial charge in [-0.15, -0.1) is 0 Å². The van der Waals surface area contributed by atoms with E-state index in [9.17, 15) is 4.79 Å². The highest BCUT2D eigenvalue weighted by atomic mass is 16.5. The van der Waals surface area contributed by atoms with Crippen LogP contribution in [0.2, 0.25) is 0 Å². The van der Waals surface area contributed by atoms with Gasteiger partial charge in [0.1, 0.15) is 0 Å². The van der Waals surface area contributed by atoms with Gasteiger partial charge in [-0.1, -0.05) is 0 Å². The number of nitrogens with zero attached hydrogens (tertiary/aromatic N) is 1. The predicted octanol–water partition coefficient (Wildman–Crippen LogP) is 1.40. The molecule has 3 fully saturated rings. The van der Waals surface area contributed by atoms with Crippen LogP contribution >= 0.6 is 0 Å². The smallest absolute Gasteiger partial charge is 0.228 e. The van der Waals surface area contributed by atoms with Crippen molar-refractivity contribution in [3.63, 3.8) is 0 Å². The standard InChI is InChI=1S/C15H26N2O2/c1-16-7-4-11-5-8-17(9-6-11)15(18)13-10-12-2-3-14(13)19-12/h11-14,16H,2-10H2,1H3. The normalized spacial score (nSPS) is 35.0. The summed E-state index contributed by atoms with van der Waals surface area (Å²) in [5.41, 5.74) is 0. The summed E-state index contributed by atoms with van der Waals surface area (Å²) >= 11 is 0. The quantitative estimate of drug-likeness (QED) is 0.836. The van der Waals surface area contributed by atoms with Crippen LogP contribution in [0.5, 0.6) is 0 Å². The average molecular weight is 266 g/mol. The third kappa shape index (κ3) is 2.79. The molecule has 19 heavy (non-hydrogen) atoms.